The fourth-order valence-corrected chi connectivity index (χ4v) is 6.75. The predicted octanol–water partition coefficient (Wildman–Crippen LogP) is 10.1. The van der Waals surface area contributed by atoms with E-state index in [-0.39, 0.29) is 0 Å². The van der Waals surface area contributed by atoms with Crippen LogP contribution in [0, 0.1) is 0 Å². The van der Waals surface area contributed by atoms with Crippen LogP contribution in [0.4, 0.5) is 0 Å². The Bertz CT molecular complexity index is 2140. The maximum absolute atomic E-state index is 5.23. The highest BCUT2D eigenvalue weighted by Crippen LogP contribution is 2.43. The minimum absolute atomic E-state index is 0.711. The lowest BCUT2D eigenvalue weighted by atomic mass is 9.99. The number of benzene rings is 5. The van der Waals surface area contributed by atoms with Crippen LogP contribution in [0.15, 0.2) is 140 Å². The maximum atomic E-state index is 5.23. The lowest BCUT2D eigenvalue weighted by Gasteiger charge is -2.11. The Labute approximate surface area is 241 Å². The van der Waals surface area contributed by atoms with Gasteiger partial charge in [0.05, 0.1) is 22.6 Å². The molecule has 0 radical (unpaired) electrons. The lowest BCUT2D eigenvalue weighted by Crippen LogP contribution is -1.96. The highest BCUT2D eigenvalue weighted by molar-refractivity contribution is 7.26. The number of hydrogen-bond acceptors (Lipinski definition) is 4. The molecule has 3 aromatic heterocycles. The summed E-state index contributed by atoms with van der Waals surface area (Å²) in [5.74, 6) is 0.711. The van der Waals surface area contributed by atoms with E-state index in [4.69, 9.17) is 15.0 Å². The summed E-state index contributed by atoms with van der Waals surface area (Å²) >= 11 is 1.84. The van der Waals surface area contributed by atoms with E-state index in [1.54, 1.807) is 0 Å². The SMILES string of the molecule is c1ccc(-c2cc(-c3cccc(-c4nc5ccccc5c5sc6ccccc6c45)c3)nc(-c3ccccc3)n2)cc1. The normalized spacial score (nSPS) is 11.4. The molecule has 3 nitrogen and oxygen atoms in total. The molecule has 0 spiro atoms. The van der Waals surface area contributed by atoms with Gasteiger partial charge in [-0.15, -0.1) is 11.3 Å². The van der Waals surface area contributed by atoms with Crippen molar-refractivity contribution in [3.05, 3.63) is 140 Å². The second kappa shape index (κ2) is 9.77. The molecule has 0 aliphatic carbocycles. The van der Waals surface area contributed by atoms with Crippen LogP contribution in [0.5, 0.6) is 0 Å². The fraction of sp³-hybridized carbons (Fsp3) is 0. The molecule has 8 aromatic rings. The molecule has 8 rings (SSSR count). The van der Waals surface area contributed by atoms with Crippen LogP contribution in [-0.2, 0) is 0 Å². The summed E-state index contributed by atoms with van der Waals surface area (Å²) in [4.78, 5) is 15.3. The summed E-state index contributed by atoms with van der Waals surface area (Å²) < 4.78 is 2.55. The Morgan fingerprint density at radius 1 is 0.439 bits per heavy atom. The quantitative estimate of drug-likeness (QED) is 0.222. The number of rotatable bonds is 4. The van der Waals surface area contributed by atoms with E-state index in [1.807, 2.05) is 47.7 Å². The van der Waals surface area contributed by atoms with Crippen LogP contribution < -0.4 is 0 Å². The molecular weight excluding hydrogens is 518 g/mol. The highest BCUT2D eigenvalue weighted by atomic mass is 32.1. The average molecular weight is 542 g/mol. The van der Waals surface area contributed by atoms with Crippen molar-refractivity contribution >= 4 is 42.4 Å². The number of para-hydroxylation sites is 1. The van der Waals surface area contributed by atoms with E-state index in [2.05, 4.69) is 103 Å². The molecule has 0 bridgehead atoms. The molecule has 5 aromatic carbocycles. The maximum Gasteiger partial charge on any atom is 0.160 e. The van der Waals surface area contributed by atoms with Gasteiger partial charge in [0, 0.05) is 47.8 Å². The first kappa shape index (κ1) is 23.7. The van der Waals surface area contributed by atoms with E-state index in [0.717, 1.165) is 44.9 Å². The summed E-state index contributed by atoms with van der Waals surface area (Å²) in [7, 11) is 0. The molecule has 0 saturated carbocycles. The van der Waals surface area contributed by atoms with Gasteiger partial charge in [0.15, 0.2) is 5.82 Å². The largest absolute Gasteiger partial charge is 0.247 e. The fourth-order valence-electron chi connectivity index (χ4n) is 5.51. The van der Waals surface area contributed by atoms with Crippen molar-refractivity contribution < 1.29 is 0 Å². The van der Waals surface area contributed by atoms with Crippen LogP contribution in [0.1, 0.15) is 0 Å². The molecule has 0 saturated heterocycles. The molecule has 0 atom stereocenters. The van der Waals surface area contributed by atoms with Crippen LogP contribution in [0.25, 0.3) is 76.2 Å². The van der Waals surface area contributed by atoms with E-state index in [0.29, 0.717) is 5.82 Å². The van der Waals surface area contributed by atoms with E-state index < -0.39 is 0 Å². The zero-order chi connectivity index (χ0) is 27.2. The van der Waals surface area contributed by atoms with E-state index in [9.17, 15) is 0 Å². The van der Waals surface area contributed by atoms with E-state index >= 15 is 0 Å². The number of thiophene rings is 1. The van der Waals surface area contributed by atoms with Gasteiger partial charge in [-0.05, 0) is 24.3 Å². The first-order chi connectivity index (χ1) is 20.3. The molecule has 41 heavy (non-hydrogen) atoms. The van der Waals surface area contributed by atoms with Crippen molar-refractivity contribution in [1.82, 2.24) is 15.0 Å². The second-order valence-corrected chi connectivity index (χ2v) is 11.1. The van der Waals surface area contributed by atoms with Gasteiger partial charge < -0.3 is 0 Å². The number of hydrogen-bond donors (Lipinski definition) is 0. The minimum Gasteiger partial charge on any atom is -0.247 e. The number of nitrogens with zero attached hydrogens (tertiary/aromatic N) is 3. The molecule has 4 heteroatoms. The molecule has 0 amide bonds. The Kier molecular flexibility index (Phi) is 5.64. The molecule has 3 heterocycles. The Hall–Kier alpha value is -5.19. The third-order valence-electron chi connectivity index (χ3n) is 7.47. The topological polar surface area (TPSA) is 38.7 Å². The summed E-state index contributed by atoms with van der Waals surface area (Å²) in [6, 6.07) is 48.2. The number of pyridine rings is 1. The monoisotopic (exact) mass is 541 g/mol. The van der Waals surface area contributed by atoms with Crippen molar-refractivity contribution in [3.63, 3.8) is 0 Å². The van der Waals surface area contributed by atoms with Gasteiger partial charge >= 0.3 is 0 Å². The van der Waals surface area contributed by atoms with Gasteiger partial charge in [-0.1, -0.05) is 115 Å². The van der Waals surface area contributed by atoms with Crippen LogP contribution in [0.2, 0.25) is 0 Å². The summed E-state index contributed by atoms with van der Waals surface area (Å²) in [5.41, 5.74) is 7.94. The standard InChI is InChI=1S/C37H23N3S/c1-3-12-24(13-4-1)31-23-32(40-37(39-31)25-14-5-2-6-15-25)26-16-11-17-27(22-26)35-34-29-19-8-10-21-33(29)41-36(34)28-18-7-9-20-30(28)38-35/h1-23H. The molecule has 0 aliphatic rings. The van der Waals surface area contributed by atoms with Crippen molar-refractivity contribution in [3.8, 4) is 45.2 Å². The first-order valence-electron chi connectivity index (χ1n) is 13.6. The Morgan fingerprint density at radius 2 is 1.05 bits per heavy atom. The lowest BCUT2D eigenvalue weighted by molar-refractivity contribution is 1.18. The third kappa shape index (κ3) is 4.17. The van der Waals surface area contributed by atoms with Gasteiger partial charge in [0.2, 0.25) is 0 Å². The summed E-state index contributed by atoms with van der Waals surface area (Å²) in [6.07, 6.45) is 0. The smallest absolute Gasteiger partial charge is 0.160 e. The average Bonchev–Trinajstić information content (AvgIpc) is 3.45. The molecule has 0 aliphatic heterocycles. The van der Waals surface area contributed by atoms with Crippen molar-refractivity contribution in [2.45, 2.75) is 0 Å². The second-order valence-electron chi connectivity index (χ2n) is 10.1. The number of fused-ring (bicyclic) bond motifs is 5. The van der Waals surface area contributed by atoms with Crippen molar-refractivity contribution in [1.29, 1.82) is 0 Å². The first-order valence-corrected chi connectivity index (χ1v) is 14.4. The van der Waals surface area contributed by atoms with Gasteiger partial charge in [-0.25, -0.2) is 15.0 Å². The molecule has 0 N–H and O–H groups in total. The Morgan fingerprint density at radius 3 is 1.85 bits per heavy atom. The third-order valence-corrected chi connectivity index (χ3v) is 8.68. The van der Waals surface area contributed by atoms with Gasteiger partial charge in [0.25, 0.3) is 0 Å². The number of aromatic nitrogens is 3. The van der Waals surface area contributed by atoms with Crippen molar-refractivity contribution in [2.75, 3.05) is 0 Å². The molecule has 0 unspecified atom stereocenters. The van der Waals surface area contributed by atoms with Crippen molar-refractivity contribution in [2.24, 2.45) is 0 Å². The summed E-state index contributed by atoms with van der Waals surface area (Å²) in [5, 5.41) is 3.64. The van der Waals surface area contributed by atoms with Gasteiger partial charge in [-0.3, -0.25) is 0 Å². The van der Waals surface area contributed by atoms with Gasteiger partial charge in [-0.2, -0.15) is 0 Å². The molecule has 192 valence electrons. The predicted molar refractivity (Wildman–Crippen MR) is 172 cm³/mol. The zero-order valence-corrected chi connectivity index (χ0v) is 22.8. The van der Waals surface area contributed by atoms with Crippen LogP contribution in [0.3, 0.4) is 0 Å². The summed E-state index contributed by atoms with van der Waals surface area (Å²) in [6.45, 7) is 0. The van der Waals surface area contributed by atoms with Gasteiger partial charge in [0.1, 0.15) is 0 Å². The Balaban J connectivity index is 1.36. The van der Waals surface area contributed by atoms with E-state index in [1.165, 1.54) is 25.6 Å². The van der Waals surface area contributed by atoms with Crippen LogP contribution in [-0.4, -0.2) is 15.0 Å². The van der Waals surface area contributed by atoms with Crippen LogP contribution >= 0.6 is 11.3 Å². The molecule has 0 fully saturated rings. The molecular formula is C37H23N3S. The minimum atomic E-state index is 0.711. The zero-order valence-electron chi connectivity index (χ0n) is 22.0. The highest BCUT2D eigenvalue weighted by Gasteiger charge is 2.17.